The summed E-state index contributed by atoms with van der Waals surface area (Å²) in [6, 6.07) is 0. The zero-order valence-corrected chi connectivity index (χ0v) is 11.0. The van der Waals surface area contributed by atoms with Crippen LogP contribution in [0.4, 0.5) is 0 Å². The Morgan fingerprint density at radius 3 is 2.83 bits per heavy atom. The highest BCUT2D eigenvalue weighted by Gasteiger charge is 2.11. The van der Waals surface area contributed by atoms with Gasteiger partial charge in [0.1, 0.15) is 16.5 Å². The number of hydrogen-bond acceptors (Lipinski definition) is 6. The number of aromatic nitrogens is 5. The average molecular weight is 286 g/mol. The molecular weight excluding hydrogens is 278 g/mol. The molecular formula is C9H8ClN5O2S. The molecule has 0 aromatic carbocycles. The Labute approximate surface area is 110 Å². The summed E-state index contributed by atoms with van der Waals surface area (Å²) in [5.74, 6) is 0. The highest BCUT2D eigenvalue weighted by molar-refractivity contribution is 7.99. The van der Waals surface area contributed by atoms with E-state index in [0.717, 1.165) is 11.8 Å². The molecule has 0 radical (unpaired) electrons. The molecule has 0 unspecified atom stereocenters. The molecule has 1 N–H and O–H groups in total. The third-order valence-electron chi connectivity index (χ3n) is 2.11. The van der Waals surface area contributed by atoms with Gasteiger partial charge in [0.05, 0.1) is 0 Å². The quantitative estimate of drug-likeness (QED) is 0.633. The fourth-order valence-corrected chi connectivity index (χ4v) is 2.18. The molecule has 9 heteroatoms. The van der Waals surface area contributed by atoms with Crippen molar-refractivity contribution in [1.82, 2.24) is 24.7 Å². The number of nitrogens with one attached hydrogen (secondary N) is 1. The highest BCUT2D eigenvalue weighted by Crippen LogP contribution is 2.27. The van der Waals surface area contributed by atoms with Gasteiger partial charge >= 0.3 is 11.1 Å². The zero-order valence-electron chi connectivity index (χ0n) is 9.47. The summed E-state index contributed by atoms with van der Waals surface area (Å²) in [6.07, 6.45) is 1.32. The first kappa shape index (κ1) is 12.8. The summed E-state index contributed by atoms with van der Waals surface area (Å²) < 4.78 is 1.35. The lowest BCUT2D eigenvalue weighted by atomic mass is 10.4. The van der Waals surface area contributed by atoms with Crippen molar-refractivity contribution in [3.63, 3.8) is 0 Å². The SMILES string of the molecule is Cc1c(Cl)ncnc1Sc1nc(=O)c(=O)[nH]n1C. The van der Waals surface area contributed by atoms with Crippen LogP contribution in [-0.4, -0.2) is 24.7 Å². The molecule has 0 fully saturated rings. The van der Waals surface area contributed by atoms with E-state index in [4.69, 9.17) is 11.6 Å². The first-order chi connectivity index (χ1) is 8.49. The van der Waals surface area contributed by atoms with Crippen molar-refractivity contribution in [2.45, 2.75) is 17.1 Å². The molecule has 0 spiro atoms. The van der Waals surface area contributed by atoms with Crippen LogP contribution in [0.2, 0.25) is 5.15 Å². The van der Waals surface area contributed by atoms with Crippen LogP contribution < -0.4 is 11.1 Å². The number of aryl methyl sites for hydroxylation is 1. The number of hydrogen-bond donors (Lipinski definition) is 1. The highest BCUT2D eigenvalue weighted by atomic mass is 35.5. The molecule has 0 aliphatic carbocycles. The lowest BCUT2D eigenvalue weighted by Crippen LogP contribution is -2.33. The number of aromatic amines is 1. The number of halogens is 1. The van der Waals surface area contributed by atoms with Crippen LogP contribution in [0.15, 0.2) is 26.1 Å². The Morgan fingerprint density at radius 2 is 2.11 bits per heavy atom. The normalized spacial score (nSPS) is 10.6. The van der Waals surface area contributed by atoms with Gasteiger partial charge in [0, 0.05) is 12.6 Å². The molecule has 0 saturated carbocycles. The minimum absolute atomic E-state index is 0.317. The van der Waals surface area contributed by atoms with Crippen molar-refractivity contribution in [1.29, 1.82) is 0 Å². The van der Waals surface area contributed by atoms with Gasteiger partial charge in [-0.3, -0.25) is 19.4 Å². The van der Waals surface area contributed by atoms with Crippen molar-refractivity contribution in [3.8, 4) is 0 Å². The van der Waals surface area contributed by atoms with Gasteiger partial charge in [0.25, 0.3) is 0 Å². The monoisotopic (exact) mass is 285 g/mol. The van der Waals surface area contributed by atoms with Crippen molar-refractivity contribution < 1.29 is 0 Å². The van der Waals surface area contributed by atoms with Crippen molar-refractivity contribution in [3.05, 3.63) is 37.8 Å². The van der Waals surface area contributed by atoms with Crippen LogP contribution in [0.25, 0.3) is 0 Å². The van der Waals surface area contributed by atoms with Gasteiger partial charge < -0.3 is 0 Å². The third-order valence-corrected chi connectivity index (χ3v) is 3.65. The van der Waals surface area contributed by atoms with Crippen molar-refractivity contribution in [2.24, 2.45) is 7.05 Å². The van der Waals surface area contributed by atoms with E-state index < -0.39 is 11.1 Å². The summed E-state index contributed by atoms with van der Waals surface area (Å²) in [5.41, 5.74) is -0.919. The minimum Gasteiger partial charge on any atom is -0.265 e. The second-order valence-corrected chi connectivity index (χ2v) is 4.71. The van der Waals surface area contributed by atoms with Gasteiger partial charge in [-0.05, 0) is 18.7 Å². The maximum absolute atomic E-state index is 11.2. The van der Waals surface area contributed by atoms with E-state index in [0.29, 0.717) is 20.9 Å². The average Bonchev–Trinajstić information content (AvgIpc) is 2.32. The van der Waals surface area contributed by atoms with Crippen molar-refractivity contribution in [2.75, 3.05) is 0 Å². The number of rotatable bonds is 2. The van der Waals surface area contributed by atoms with E-state index >= 15 is 0 Å². The van der Waals surface area contributed by atoms with Crippen LogP contribution in [0.5, 0.6) is 0 Å². The Hall–Kier alpha value is -1.67. The van der Waals surface area contributed by atoms with Gasteiger partial charge in [-0.25, -0.2) is 9.97 Å². The van der Waals surface area contributed by atoms with Crippen LogP contribution in [-0.2, 0) is 7.05 Å². The smallest absolute Gasteiger partial charge is 0.265 e. The van der Waals surface area contributed by atoms with E-state index in [1.54, 1.807) is 14.0 Å². The van der Waals surface area contributed by atoms with E-state index in [1.807, 2.05) is 0 Å². The lowest BCUT2D eigenvalue weighted by Gasteiger charge is -2.07. The molecule has 0 bridgehead atoms. The Bertz CT molecular complexity index is 711. The summed E-state index contributed by atoms with van der Waals surface area (Å²) in [4.78, 5) is 33.8. The first-order valence-corrected chi connectivity index (χ1v) is 6.01. The van der Waals surface area contributed by atoms with Gasteiger partial charge in [-0.1, -0.05) is 11.6 Å². The second kappa shape index (κ2) is 4.91. The third kappa shape index (κ3) is 2.44. The second-order valence-electron chi connectivity index (χ2n) is 3.40. The molecule has 2 rings (SSSR count). The molecule has 2 aromatic heterocycles. The molecule has 0 amide bonds. The summed E-state index contributed by atoms with van der Waals surface area (Å²) >= 11 is 6.99. The zero-order chi connectivity index (χ0) is 13.3. The fraction of sp³-hybridized carbons (Fsp3) is 0.222. The van der Waals surface area contributed by atoms with Gasteiger partial charge in [0.2, 0.25) is 0 Å². The molecule has 2 heterocycles. The van der Waals surface area contributed by atoms with Crippen LogP contribution in [0.3, 0.4) is 0 Å². The molecule has 2 aromatic rings. The van der Waals surface area contributed by atoms with Gasteiger partial charge in [-0.15, -0.1) is 0 Å². The van der Waals surface area contributed by atoms with E-state index in [9.17, 15) is 9.59 Å². The predicted molar refractivity (Wildman–Crippen MR) is 66.0 cm³/mol. The lowest BCUT2D eigenvalue weighted by molar-refractivity contribution is 0.596. The molecule has 18 heavy (non-hydrogen) atoms. The van der Waals surface area contributed by atoms with E-state index in [1.165, 1.54) is 11.0 Å². The Morgan fingerprint density at radius 1 is 1.39 bits per heavy atom. The summed E-state index contributed by atoms with van der Waals surface area (Å²) in [5, 5.41) is 3.58. The fourth-order valence-electron chi connectivity index (χ4n) is 1.16. The topological polar surface area (TPSA) is 93.5 Å². The minimum atomic E-state index is -0.839. The van der Waals surface area contributed by atoms with Gasteiger partial charge in [-0.2, -0.15) is 4.98 Å². The first-order valence-electron chi connectivity index (χ1n) is 4.81. The van der Waals surface area contributed by atoms with Gasteiger partial charge in [0.15, 0.2) is 5.16 Å². The number of nitrogens with zero attached hydrogens (tertiary/aromatic N) is 4. The molecule has 0 aliphatic heterocycles. The maximum atomic E-state index is 11.2. The molecule has 7 nitrogen and oxygen atoms in total. The number of H-pyrrole nitrogens is 1. The Balaban J connectivity index is 2.46. The van der Waals surface area contributed by atoms with E-state index in [-0.39, 0.29) is 0 Å². The van der Waals surface area contributed by atoms with E-state index in [2.05, 4.69) is 20.1 Å². The predicted octanol–water partition coefficient (Wildman–Crippen LogP) is 0.372. The van der Waals surface area contributed by atoms with Crippen LogP contribution in [0.1, 0.15) is 5.56 Å². The summed E-state index contributed by atoms with van der Waals surface area (Å²) in [7, 11) is 1.58. The standard InChI is InChI=1S/C9H8ClN5O2S/c1-4-5(10)11-3-12-8(4)18-9-13-6(16)7(17)14-15(9)2/h3H,1-2H3,(H,14,17). The molecule has 94 valence electrons. The summed E-state index contributed by atoms with van der Waals surface area (Å²) in [6.45, 7) is 1.76. The molecule has 0 saturated heterocycles. The van der Waals surface area contributed by atoms with Crippen LogP contribution >= 0.6 is 23.4 Å². The largest absolute Gasteiger partial charge is 0.339 e. The van der Waals surface area contributed by atoms with Crippen LogP contribution in [0, 0.1) is 6.92 Å². The molecule has 0 atom stereocenters. The van der Waals surface area contributed by atoms with Crippen molar-refractivity contribution >= 4 is 23.4 Å². The Kier molecular flexibility index (Phi) is 3.48. The molecule has 0 aliphatic rings. The maximum Gasteiger partial charge on any atom is 0.339 e.